The second-order valence-electron chi connectivity index (χ2n) is 4.42. The molecule has 0 bridgehead atoms. The van der Waals surface area contributed by atoms with Crippen LogP contribution in [-0.4, -0.2) is 9.78 Å². The molecule has 0 saturated carbocycles. The number of benzene rings is 1. The van der Waals surface area contributed by atoms with E-state index in [2.05, 4.69) is 21.0 Å². The van der Waals surface area contributed by atoms with Crippen LogP contribution in [0, 0.1) is 12.7 Å². The van der Waals surface area contributed by atoms with Crippen LogP contribution in [0.2, 0.25) is 5.02 Å². The second kappa shape index (κ2) is 5.61. The molecular weight excluding hydrogens is 333 g/mol. The molecule has 3 nitrogen and oxygen atoms in total. The number of rotatable bonds is 3. The third-order valence-corrected chi connectivity index (χ3v) is 4.16. The Kier molecular flexibility index (Phi) is 4.28. The average Bonchev–Trinajstić information content (AvgIpc) is 2.59. The number of hydrogen-bond donors (Lipinski definition) is 1. The molecular formula is C13H14BrClFN3. The molecule has 2 aromatic rings. The van der Waals surface area contributed by atoms with Crippen molar-refractivity contribution in [2.45, 2.75) is 19.4 Å². The highest BCUT2D eigenvalue weighted by Gasteiger charge is 2.18. The lowest BCUT2D eigenvalue weighted by Crippen LogP contribution is -2.17. The molecule has 0 saturated heterocycles. The summed E-state index contributed by atoms with van der Waals surface area (Å²) in [6, 6.07) is 4.62. The van der Waals surface area contributed by atoms with Crippen LogP contribution in [0.15, 0.2) is 22.7 Å². The highest BCUT2D eigenvalue weighted by atomic mass is 79.9. The van der Waals surface area contributed by atoms with Crippen molar-refractivity contribution in [3.8, 4) is 0 Å². The zero-order chi connectivity index (χ0) is 14.2. The van der Waals surface area contributed by atoms with Crippen molar-refractivity contribution in [3.63, 3.8) is 0 Å². The minimum Gasteiger partial charge on any atom is -0.324 e. The number of hydrogen-bond acceptors (Lipinski definition) is 2. The van der Waals surface area contributed by atoms with Crippen molar-refractivity contribution in [2.24, 2.45) is 12.8 Å². The van der Waals surface area contributed by atoms with Crippen LogP contribution in [0.3, 0.4) is 0 Å². The summed E-state index contributed by atoms with van der Waals surface area (Å²) in [5.41, 5.74) is 8.11. The van der Waals surface area contributed by atoms with E-state index in [0.717, 1.165) is 11.4 Å². The van der Waals surface area contributed by atoms with E-state index in [-0.39, 0.29) is 5.82 Å². The van der Waals surface area contributed by atoms with E-state index in [1.807, 2.05) is 6.92 Å². The summed E-state index contributed by atoms with van der Waals surface area (Å²) in [4.78, 5) is 0. The van der Waals surface area contributed by atoms with Crippen molar-refractivity contribution in [3.05, 3.63) is 50.5 Å². The summed E-state index contributed by atoms with van der Waals surface area (Å²) in [7, 11) is 1.80. The van der Waals surface area contributed by atoms with Gasteiger partial charge in [0, 0.05) is 25.1 Å². The van der Waals surface area contributed by atoms with E-state index >= 15 is 0 Å². The Balaban J connectivity index is 2.31. The first kappa shape index (κ1) is 14.5. The molecule has 0 aliphatic rings. The molecule has 0 radical (unpaired) electrons. The Hall–Kier alpha value is -0.910. The molecule has 2 rings (SSSR count). The first-order valence-electron chi connectivity index (χ1n) is 5.79. The van der Waals surface area contributed by atoms with Crippen molar-refractivity contribution in [1.82, 2.24) is 9.78 Å². The van der Waals surface area contributed by atoms with E-state index in [1.165, 1.54) is 0 Å². The first-order valence-corrected chi connectivity index (χ1v) is 6.96. The minimum absolute atomic E-state index is 0.329. The zero-order valence-corrected chi connectivity index (χ0v) is 13.0. The van der Waals surface area contributed by atoms with Crippen molar-refractivity contribution < 1.29 is 4.39 Å². The van der Waals surface area contributed by atoms with E-state index in [1.54, 1.807) is 29.9 Å². The molecule has 0 fully saturated rings. The number of nitrogens with two attached hydrogens (primary N) is 1. The summed E-state index contributed by atoms with van der Waals surface area (Å²) in [5, 5.41) is 4.81. The Morgan fingerprint density at radius 1 is 1.53 bits per heavy atom. The number of halogens is 3. The molecule has 1 aromatic carbocycles. The van der Waals surface area contributed by atoms with Crippen molar-refractivity contribution in [1.29, 1.82) is 0 Å². The van der Waals surface area contributed by atoms with Crippen LogP contribution in [0.5, 0.6) is 0 Å². The lowest BCUT2D eigenvalue weighted by Gasteiger charge is -2.14. The standard InChI is InChI=1S/C13H14BrClFN3/c1-7-12(15)11(19(2)18-7)6-10(17)8-4-3-5-9(14)13(8)16/h3-5,10H,6,17H2,1-2H3. The molecule has 1 aromatic heterocycles. The van der Waals surface area contributed by atoms with E-state index in [4.69, 9.17) is 17.3 Å². The number of nitrogens with zero attached hydrogens (tertiary/aromatic N) is 2. The predicted molar refractivity (Wildman–Crippen MR) is 77.7 cm³/mol. The highest BCUT2D eigenvalue weighted by molar-refractivity contribution is 9.10. The fourth-order valence-corrected chi connectivity index (χ4v) is 2.65. The van der Waals surface area contributed by atoms with Gasteiger partial charge in [-0.05, 0) is 28.9 Å². The molecule has 1 unspecified atom stereocenters. The van der Waals surface area contributed by atoms with Gasteiger partial charge in [0.25, 0.3) is 0 Å². The van der Waals surface area contributed by atoms with Crippen molar-refractivity contribution >= 4 is 27.5 Å². The van der Waals surface area contributed by atoms with Crippen LogP contribution in [-0.2, 0) is 13.5 Å². The molecule has 0 aliphatic heterocycles. The normalized spacial score (nSPS) is 12.7. The molecule has 0 spiro atoms. The topological polar surface area (TPSA) is 43.8 Å². The Bertz CT molecular complexity index is 612. The van der Waals surface area contributed by atoms with Crippen LogP contribution < -0.4 is 5.73 Å². The fraction of sp³-hybridized carbons (Fsp3) is 0.308. The SMILES string of the molecule is Cc1nn(C)c(CC(N)c2cccc(Br)c2F)c1Cl. The Labute approximate surface area is 124 Å². The summed E-state index contributed by atoms with van der Waals surface area (Å²) in [6.45, 7) is 1.83. The van der Waals surface area contributed by atoms with Gasteiger partial charge in [0.2, 0.25) is 0 Å². The van der Waals surface area contributed by atoms with Crippen LogP contribution in [0.4, 0.5) is 4.39 Å². The zero-order valence-electron chi connectivity index (χ0n) is 10.6. The molecule has 1 atom stereocenters. The van der Waals surface area contributed by atoms with Gasteiger partial charge in [-0.25, -0.2) is 4.39 Å². The van der Waals surface area contributed by atoms with E-state index < -0.39 is 6.04 Å². The average molecular weight is 347 g/mol. The van der Waals surface area contributed by atoms with Gasteiger partial charge < -0.3 is 5.73 Å². The minimum atomic E-state index is -0.468. The Morgan fingerprint density at radius 2 is 2.21 bits per heavy atom. The first-order chi connectivity index (χ1) is 8.91. The van der Waals surface area contributed by atoms with Crippen LogP contribution in [0.1, 0.15) is 23.0 Å². The smallest absolute Gasteiger partial charge is 0.142 e. The number of aryl methyl sites for hydroxylation is 2. The fourth-order valence-electron chi connectivity index (χ4n) is 2.03. The molecule has 2 N–H and O–H groups in total. The van der Waals surface area contributed by atoms with E-state index in [0.29, 0.717) is 21.5 Å². The van der Waals surface area contributed by atoms with Gasteiger partial charge in [0.1, 0.15) is 5.82 Å². The maximum atomic E-state index is 14.0. The van der Waals surface area contributed by atoms with Crippen LogP contribution >= 0.6 is 27.5 Å². The molecule has 0 amide bonds. The van der Waals surface area contributed by atoms with Gasteiger partial charge in [0.05, 0.1) is 20.9 Å². The summed E-state index contributed by atoms with van der Waals surface area (Å²) >= 11 is 9.33. The lowest BCUT2D eigenvalue weighted by atomic mass is 10.0. The molecule has 6 heteroatoms. The second-order valence-corrected chi connectivity index (χ2v) is 5.66. The van der Waals surface area contributed by atoms with E-state index in [9.17, 15) is 4.39 Å². The largest absolute Gasteiger partial charge is 0.324 e. The van der Waals surface area contributed by atoms with Crippen molar-refractivity contribution in [2.75, 3.05) is 0 Å². The highest BCUT2D eigenvalue weighted by Crippen LogP contribution is 2.27. The quantitative estimate of drug-likeness (QED) is 0.924. The van der Waals surface area contributed by atoms with Gasteiger partial charge in [-0.1, -0.05) is 23.7 Å². The van der Waals surface area contributed by atoms with Gasteiger partial charge >= 0.3 is 0 Å². The molecule has 102 valence electrons. The molecule has 1 heterocycles. The summed E-state index contributed by atoms with van der Waals surface area (Å²) in [5.74, 6) is -0.329. The lowest BCUT2D eigenvalue weighted by molar-refractivity contribution is 0.564. The molecule has 19 heavy (non-hydrogen) atoms. The molecule has 0 aliphatic carbocycles. The third kappa shape index (κ3) is 2.83. The van der Waals surface area contributed by atoms with Gasteiger partial charge in [-0.15, -0.1) is 0 Å². The van der Waals surface area contributed by atoms with Crippen LogP contribution in [0.25, 0.3) is 0 Å². The predicted octanol–water partition coefficient (Wildman–Crippen LogP) is 3.53. The van der Waals surface area contributed by atoms with Gasteiger partial charge in [-0.2, -0.15) is 5.10 Å². The van der Waals surface area contributed by atoms with Gasteiger partial charge in [0.15, 0.2) is 0 Å². The maximum absolute atomic E-state index is 14.0. The monoisotopic (exact) mass is 345 g/mol. The Morgan fingerprint density at radius 3 is 2.79 bits per heavy atom. The number of aromatic nitrogens is 2. The third-order valence-electron chi connectivity index (χ3n) is 3.06. The summed E-state index contributed by atoms with van der Waals surface area (Å²) < 4.78 is 16.1. The maximum Gasteiger partial charge on any atom is 0.142 e. The van der Waals surface area contributed by atoms with Gasteiger partial charge in [-0.3, -0.25) is 4.68 Å². The summed E-state index contributed by atoms with van der Waals surface area (Å²) in [6.07, 6.45) is 0.434.